The summed E-state index contributed by atoms with van der Waals surface area (Å²) in [6, 6.07) is 12.4. The smallest absolute Gasteiger partial charge is 0.277 e. The predicted octanol–water partition coefficient (Wildman–Crippen LogP) is 3.77. The Balaban J connectivity index is 1.39. The normalized spacial score (nSPS) is 10.5. The van der Waals surface area contributed by atoms with Gasteiger partial charge < -0.3 is 19.8 Å². The third-order valence-electron chi connectivity index (χ3n) is 4.27. The van der Waals surface area contributed by atoms with Crippen molar-refractivity contribution in [3.05, 3.63) is 64.5 Å². The Kier molecular flexibility index (Phi) is 7.91. The number of carbonyl (C=O) groups is 2. The minimum Gasteiger partial charge on any atom is -0.484 e. The Hall–Kier alpha value is -3.04. The zero-order valence-corrected chi connectivity index (χ0v) is 18.5. The van der Waals surface area contributed by atoms with Crippen LogP contribution < -0.4 is 15.4 Å². The van der Waals surface area contributed by atoms with Crippen LogP contribution in [-0.2, 0) is 16.1 Å². The van der Waals surface area contributed by atoms with Crippen LogP contribution in [0.15, 0.2) is 52.1 Å². The van der Waals surface area contributed by atoms with E-state index < -0.39 is 0 Å². The molecule has 8 nitrogen and oxygen atoms in total. The lowest BCUT2D eigenvalue weighted by Gasteiger charge is -2.09. The molecule has 0 radical (unpaired) electrons. The van der Waals surface area contributed by atoms with Gasteiger partial charge in [-0.15, -0.1) is 10.2 Å². The molecule has 0 aliphatic rings. The van der Waals surface area contributed by atoms with E-state index in [0.29, 0.717) is 10.8 Å². The van der Waals surface area contributed by atoms with E-state index in [1.807, 2.05) is 32.0 Å². The summed E-state index contributed by atoms with van der Waals surface area (Å²) in [6.07, 6.45) is 0. The third-order valence-corrected chi connectivity index (χ3v) is 5.34. The molecule has 10 heteroatoms. The number of halogens is 1. The molecule has 2 N–H and O–H groups in total. The van der Waals surface area contributed by atoms with Gasteiger partial charge in [0.1, 0.15) is 5.75 Å². The summed E-state index contributed by atoms with van der Waals surface area (Å²) in [6.45, 7) is 3.85. The monoisotopic (exact) mass is 460 g/mol. The van der Waals surface area contributed by atoms with Crippen molar-refractivity contribution in [1.29, 1.82) is 0 Å². The number of anilines is 1. The van der Waals surface area contributed by atoms with Crippen molar-refractivity contribution in [2.24, 2.45) is 0 Å². The van der Waals surface area contributed by atoms with Gasteiger partial charge in [0.15, 0.2) is 6.61 Å². The van der Waals surface area contributed by atoms with Crippen molar-refractivity contribution in [2.75, 3.05) is 17.7 Å². The molecule has 0 atom stereocenters. The first-order valence-electron chi connectivity index (χ1n) is 9.37. The number of aryl methyl sites for hydroxylation is 1. The molecule has 0 aliphatic heterocycles. The highest BCUT2D eigenvalue weighted by atomic mass is 35.5. The molecular formula is C21H21ClN4O4S. The molecule has 0 spiro atoms. The van der Waals surface area contributed by atoms with Crippen LogP contribution in [0, 0.1) is 13.8 Å². The molecule has 0 saturated carbocycles. The number of nitrogens with zero attached hydrogens (tertiary/aromatic N) is 2. The number of aromatic nitrogens is 2. The molecule has 0 fully saturated rings. The topological polar surface area (TPSA) is 106 Å². The zero-order chi connectivity index (χ0) is 22.2. The van der Waals surface area contributed by atoms with E-state index in [0.717, 1.165) is 28.6 Å². The summed E-state index contributed by atoms with van der Waals surface area (Å²) in [4.78, 5) is 24.1. The molecule has 1 aromatic heterocycles. The van der Waals surface area contributed by atoms with Crippen LogP contribution in [0.5, 0.6) is 5.75 Å². The van der Waals surface area contributed by atoms with E-state index in [1.54, 1.807) is 24.3 Å². The molecule has 3 rings (SSSR count). The van der Waals surface area contributed by atoms with E-state index in [-0.39, 0.29) is 41.8 Å². The quantitative estimate of drug-likeness (QED) is 0.468. The molecule has 0 saturated heterocycles. The Morgan fingerprint density at radius 1 is 1.10 bits per heavy atom. The van der Waals surface area contributed by atoms with Gasteiger partial charge in [-0.3, -0.25) is 9.59 Å². The third kappa shape index (κ3) is 7.01. The fourth-order valence-corrected chi connectivity index (χ4v) is 3.18. The number of benzene rings is 2. The molecule has 0 aliphatic carbocycles. The Morgan fingerprint density at radius 3 is 2.65 bits per heavy atom. The van der Waals surface area contributed by atoms with Crippen molar-refractivity contribution in [1.82, 2.24) is 15.5 Å². The highest BCUT2D eigenvalue weighted by Crippen LogP contribution is 2.20. The van der Waals surface area contributed by atoms with Crippen LogP contribution in [0.25, 0.3) is 0 Å². The molecular weight excluding hydrogens is 440 g/mol. The summed E-state index contributed by atoms with van der Waals surface area (Å²) in [5.41, 5.74) is 2.91. The highest BCUT2D eigenvalue weighted by molar-refractivity contribution is 7.99. The molecule has 31 heavy (non-hydrogen) atoms. The van der Waals surface area contributed by atoms with E-state index in [1.165, 1.54) is 0 Å². The zero-order valence-electron chi connectivity index (χ0n) is 17.0. The number of rotatable bonds is 9. The van der Waals surface area contributed by atoms with Gasteiger partial charge in [-0.1, -0.05) is 35.5 Å². The standard InChI is InChI=1S/C21H21ClN4O4S/c1-13-4-3-5-17(14(13)2)24-19(28)12-31-21-26-25-20(30-21)10-23-18(27)11-29-16-8-6-15(22)7-9-16/h3-9H,10-12H2,1-2H3,(H,23,27)(H,24,28). The Labute approximate surface area is 188 Å². The lowest BCUT2D eigenvalue weighted by atomic mass is 10.1. The molecule has 0 bridgehead atoms. The van der Waals surface area contributed by atoms with Crippen LogP contribution in [0.1, 0.15) is 17.0 Å². The number of nitrogens with one attached hydrogen (secondary N) is 2. The van der Waals surface area contributed by atoms with Crippen molar-refractivity contribution in [2.45, 2.75) is 25.6 Å². The van der Waals surface area contributed by atoms with Gasteiger partial charge >= 0.3 is 0 Å². The fourth-order valence-electron chi connectivity index (χ4n) is 2.47. The second-order valence-corrected chi connectivity index (χ2v) is 7.93. The lowest BCUT2D eigenvalue weighted by molar-refractivity contribution is -0.123. The number of hydrogen-bond donors (Lipinski definition) is 2. The maximum atomic E-state index is 12.2. The van der Waals surface area contributed by atoms with Crippen molar-refractivity contribution >= 4 is 40.9 Å². The minimum absolute atomic E-state index is 0.0606. The fraction of sp³-hybridized carbons (Fsp3) is 0.238. The number of ether oxygens (including phenoxy) is 1. The van der Waals surface area contributed by atoms with Crippen LogP contribution in [0.3, 0.4) is 0 Å². The Bertz CT molecular complexity index is 1060. The molecule has 162 valence electrons. The summed E-state index contributed by atoms with van der Waals surface area (Å²) < 4.78 is 10.8. The van der Waals surface area contributed by atoms with E-state index in [2.05, 4.69) is 20.8 Å². The van der Waals surface area contributed by atoms with Gasteiger partial charge in [0.05, 0.1) is 12.3 Å². The van der Waals surface area contributed by atoms with Crippen LogP contribution in [0.2, 0.25) is 5.02 Å². The van der Waals surface area contributed by atoms with Crippen molar-refractivity contribution in [3.63, 3.8) is 0 Å². The molecule has 1 heterocycles. The minimum atomic E-state index is -0.338. The summed E-state index contributed by atoms with van der Waals surface area (Å²) >= 11 is 6.92. The second kappa shape index (κ2) is 10.8. The largest absolute Gasteiger partial charge is 0.484 e. The molecule has 0 unspecified atom stereocenters. The van der Waals surface area contributed by atoms with Crippen molar-refractivity contribution < 1.29 is 18.7 Å². The van der Waals surface area contributed by atoms with Gasteiger partial charge in [0, 0.05) is 10.7 Å². The maximum Gasteiger partial charge on any atom is 0.277 e. The van der Waals surface area contributed by atoms with Crippen LogP contribution in [-0.4, -0.2) is 34.4 Å². The number of hydrogen-bond acceptors (Lipinski definition) is 7. The summed E-state index contributed by atoms with van der Waals surface area (Å²) in [7, 11) is 0. The predicted molar refractivity (Wildman–Crippen MR) is 118 cm³/mol. The number of thioether (sulfide) groups is 1. The van der Waals surface area contributed by atoms with E-state index in [9.17, 15) is 9.59 Å². The average molecular weight is 461 g/mol. The van der Waals surface area contributed by atoms with Crippen LogP contribution >= 0.6 is 23.4 Å². The van der Waals surface area contributed by atoms with Gasteiger partial charge in [0.2, 0.25) is 11.8 Å². The van der Waals surface area contributed by atoms with Crippen molar-refractivity contribution in [3.8, 4) is 5.75 Å². The molecule has 3 aromatic rings. The average Bonchev–Trinajstić information content (AvgIpc) is 3.21. The van der Waals surface area contributed by atoms with Gasteiger partial charge in [-0.25, -0.2) is 0 Å². The summed E-state index contributed by atoms with van der Waals surface area (Å²) in [5, 5.41) is 14.1. The maximum absolute atomic E-state index is 12.2. The highest BCUT2D eigenvalue weighted by Gasteiger charge is 2.12. The second-order valence-electron chi connectivity index (χ2n) is 6.57. The summed E-state index contributed by atoms with van der Waals surface area (Å²) in [5.74, 6) is 0.379. The first-order chi connectivity index (χ1) is 14.9. The first kappa shape index (κ1) is 22.6. The SMILES string of the molecule is Cc1cccc(NC(=O)CSc2nnc(CNC(=O)COc3ccc(Cl)cc3)o2)c1C. The van der Waals surface area contributed by atoms with Gasteiger partial charge in [-0.2, -0.15) is 0 Å². The van der Waals surface area contributed by atoms with Gasteiger partial charge in [-0.05, 0) is 55.3 Å². The first-order valence-corrected chi connectivity index (χ1v) is 10.7. The van der Waals surface area contributed by atoms with Gasteiger partial charge in [0.25, 0.3) is 11.1 Å². The lowest BCUT2D eigenvalue weighted by Crippen LogP contribution is -2.28. The van der Waals surface area contributed by atoms with Crippen LogP contribution in [0.4, 0.5) is 5.69 Å². The number of amides is 2. The Morgan fingerprint density at radius 2 is 1.87 bits per heavy atom. The molecule has 2 aromatic carbocycles. The number of carbonyl (C=O) groups excluding carboxylic acids is 2. The van der Waals surface area contributed by atoms with E-state index in [4.69, 9.17) is 20.8 Å². The molecule has 2 amide bonds. The van der Waals surface area contributed by atoms with E-state index >= 15 is 0 Å².